The Hall–Kier alpha value is -2.48. The molecule has 1 atom stereocenters. The maximum absolute atomic E-state index is 13.2. The van der Waals surface area contributed by atoms with Crippen molar-refractivity contribution in [2.45, 2.75) is 58.2 Å². The molecule has 2 aromatic heterocycles. The van der Waals surface area contributed by atoms with Gasteiger partial charge in [0.15, 0.2) is 0 Å². The van der Waals surface area contributed by atoms with Gasteiger partial charge in [0.05, 0.1) is 24.0 Å². The van der Waals surface area contributed by atoms with Gasteiger partial charge in [-0.25, -0.2) is 9.97 Å². The van der Waals surface area contributed by atoms with Crippen LogP contribution >= 0.6 is 0 Å². The lowest BCUT2D eigenvalue weighted by Crippen LogP contribution is -2.33. The average Bonchev–Trinajstić information content (AvgIpc) is 2.92. The molecule has 138 valence electrons. The molecule has 1 aliphatic heterocycles. The number of carbonyl (C=O) groups excluding carboxylic acids is 1. The first-order chi connectivity index (χ1) is 12.5. The van der Waals surface area contributed by atoms with Gasteiger partial charge in [0.25, 0.3) is 5.91 Å². The Morgan fingerprint density at radius 2 is 2.04 bits per heavy atom. The molecular weight excluding hydrogens is 332 g/mol. The highest BCUT2D eigenvalue weighted by Crippen LogP contribution is 2.25. The number of aliphatic hydroxyl groups is 1. The maximum Gasteiger partial charge on any atom is 0.273 e. The SMILES string of the molecule is C[C@H](O)c1cc2n(n1)CCCN(C(=O)c1nc(N)nc3c1CCCC3)C2. The number of carbonyl (C=O) groups is 1. The zero-order valence-corrected chi connectivity index (χ0v) is 15.0. The van der Waals surface area contributed by atoms with Gasteiger partial charge < -0.3 is 15.7 Å². The highest BCUT2D eigenvalue weighted by atomic mass is 16.3. The van der Waals surface area contributed by atoms with E-state index >= 15 is 0 Å². The second kappa shape index (κ2) is 6.68. The summed E-state index contributed by atoms with van der Waals surface area (Å²) in [6.07, 6.45) is 3.99. The van der Waals surface area contributed by atoms with Gasteiger partial charge in [-0.1, -0.05) is 0 Å². The van der Waals surface area contributed by atoms with Crippen molar-refractivity contribution in [2.24, 2.45) is 0 Å². The summed E-state index contributed by atoms with van der Waals surface area (Å²) in [5.74, 6) is 0.0794. The zero-order chi connectivity index (χ0) is 18.3. The van der Waals surface area contributed by atoms with Crippen molar-refractivity contribution in [3.05, 3.63) is 34.4 Å². The number of fused-ring (bicyclic) bond motifs is 2. The molecule has 8 nitrogen and oxygen atoms in total. The fourth-order valence-electron chi connectivity index (χ4n) is 3.80. The van der Waals surface area contributed by atoms with E-state index in [4.69, 9.17) is 5.73 Å². The summed E-state index contributed by atoms with van der Waals surface area (Å²) in [6, 6.07) is 1.88. The van der Waals surface area contributed by atoms with E-state index in [0.717, 1.165) is 55.6 Å². The predicted octanol–water partition coefficient (Wildman–Crippen LogP) is 1.23. The smallest absolute Gasteiger partial charge is 0.273 e. The monoisotopic (exact) mass is 356 g/mol. The molecule has 2 aliphatic rings. The molecule has 3 heterocycles. The Morgan fingerprint density at radius 3 is 2.85 bits per heavy atom. The molecule has 3 N–H and O–H groups in total. The quantitative estimate of drug-likeness (QED) is 0.837. The highest BCUT2D eigenvalue weighted by molar-refractivity contribution is 5.94. The number of anilines is 1. The minimum atomic E-state index is -0.618. The Bertz CT molecular complexity index is 844. The number of hydrogen-bond acceptors (Lipinski definition) is 6. The Labute approximate surface area is 152 Å². The third-order valence-electron chi connectivity index (χ3n) is 5.15. The van der Waals surface area contributed by atoms with Gasteiger partial charge in [0.2, 0.25) is 5.95 Å². The van der Waals surface area contributed by atoms with E-state index in [1.807, 2.05) is 15.6 Å². The second-order valence-corrected chi connectivity index (χ2v) is 7.10. The number of amides is 1. The summed E-state index contributed by atoms with van der Waals surface area (Å²) < 4.78 is 1.89. The molecule has 0 fully saturated rings. The molecule has 0 saturated heterocycles. The molecule has 1 amide bonds. The minimum absolute atomic E-state index is 0.0921. The number of nitrogen functional groups attached to an aromatic ring is 1. The fourth-order valence-corrected chi connectivity index (χ4v) is 3.80. The van der Waals surface area contributed by atoms with Gasteiger partial charge in [-0.2, -0.15) is 5.10 Å². The summed E-state index contributed by atoms with van der Waals surface area (Å²) in [4.78, 5) is 23.7. The van der Waals surface area contributed by atoms with E-state index in [-0.39, 0.29) is 11.9 Å². The van der Waals surface area contributed by atoms with E-state index in [0.29, 0.717) is 24.5 Å². The molecule has 2 aromatic rings. The molecule has 0 saturated carbocycles. The van der Waals surface area contributed by atoms with E-state index in [2.05, 4.69) is 15.1 Å². The van der Waals surface area contributed by atoms with E-state index < -0.39 is 6.10 Å². The summed E-state index contributed by atoms with van der Waals surface area (Å²) in [5.41, 5.74) is 9.76. The number of aryl methyl sites for hydroxylation is 2. The average molecular weight is 356 g/mol. The molecule has 0 spiro atoms. The lowest BCUT2D eigenvalue weighted by molar-refractivity contribution is 0.0738. The van der Waals surface area contributed by atoms with Crippen molar-refractivity contribution in [1.82, 2.24) is 24.6 Å². The van der Waals surface area contributed by atoms with Crippen molar-refractivity contribution in [3.8, 4) is 0 Å². The molecule has 0 unspecified atom stereocenters. The van der Waals surface area contributed by atoms with E-state index in [9.17, 15) is 9.90 Å². The first-order valence-corrected chi connectivity index (χ1v) is 9.22. The van der Waals surface area contributed by atoms with Crippen LogP contribution in [0.1, 0.15) is 65.4 Å². The number of rotatable bonds is 2. The number of aromatic nitrogens is 4. The summed E-state index contributed by atoms with van der Waals surface area (Å²) in [7, 11) is 0. The number of nitrogens with two attached hydrogens (primary N) is 1. The molecule has 8 heteroatoms. The van der Waals surface area contributed by atoms with Gasteiger partial charge in [0, 0.05) is 24.3 Å². The topological polar surface area (TPSA) is 110 Å². The van der Waals surface area contributed by atoms with Crippen LogP contribution in [0.15, 0.2) is 6.07 Å². The first-order valence-electron chi connectivity index (χ1n) is 9.22. The molecule has 0 bridgehead atoms. The minimum Gasteiger partial charge on any atom is -0.387 e. The van der Waals surface area contributed by atoms with Crippen LogP contribution in [0, 0.1) is 0 Å². The van der Waals surface area contributed by atoms with Crippen molar-refractivity contribution < 1.29 is 9.90 Å². The third kappa shape index (κ3) is 3.05. The summed E-state index contributed by atoms with van der Waals surface area (Å²) in [5, 5.41) is 14.2. The van der Waals surface area contributed by atoms with Crippen LogP contribution in [0.5, 0.6) is 0 Å². The molecular formula is C18H24N6O2. The van der Waals surface area contributed by atoms with Gasteiger partial charge in [-0.05, 0) is 45.1 Å². The van der Waals surface area contributed by atoms with Crippen LogP contribution < -0.4 is 5.73 Å². The summed E-state index contributed by atoms with van der Waals surface area (Å²) in [6.45, 7) is 3.53. The highest BCUT2D eigenvalue weighted by Gasteiger charge is 2.27. The van der Waals surface area contributed by atoms with Crippen LogP contribution in [-0.4, -0.2) is 42.2 Å². The lowest BCUT2D eigenvalue weighted by Gasteiger charge is -2.23. The normalized spacial score (nSPS) is 18.0. The Kier molecular flexibility index (Phi) is 4.36. The largest absolute Gasteiger partial charge is 0.387 e. The van der Waals surface area contributed by atoms with Gasteiger partial charge in [-0.3, -0.25) is 9.48 Å². The molecule has 1 aliphatic carbocycles. The fraction of sp³-hybridized carbons (Fsp3) is 0.556. The van der Waals surface area contributed by atoms with Crippen LogP contribution in [0.25, 0.3) is 0 Å². The van der Waals surface area contributed by atoms with Gasteiger partial charge >= 0.3 is 0 Å². The summed E-state index contributed by atoms with van der Waals surface area (Å²) >= 11 is 0. The number of nitrogens with zero attached hydrogens (tertiary/aromatic N) is 5. The standard InChI is InChI=1S/C18H24N6O2/c1-11(25)15-9-12-10-23(7-4-8-24(12)22-15)17(26)16-13-5-2-3-6-14(13)20-18(19)21-16/h9,11,25H,2-8,10H2,1H3,(H2,19,20,21)/t11-/m0/s1. The van der Waals surface area contributed by atoms with Crippen LogP contribution in [0.2, 0.25) is 0 Å². The number of hydrogen-bond donors (Lipinski definition) is 2. The van der Waals surface area contributed by atoms with Crippen molar-refractivity contribution in [1.29, 1.82) is 0 Å². The zero-order valence-electron chi connectivity index (χ0n) is 15.0. The van der Waals surface area contributed by atoms with E-state index in [1.54, 1.807) is 6.92 Å². The van der Waals surface area contributed by atoms with Crippen molar-refractivity contribution in [3.63, 3.8) is 0 Å². The lowest BCUT2D eigenvalue weighted by atomic mass is 9.94. The van der Waals surface area contributed by atoms with Gasteiger partial charge in [0.1, 0.15) is 5.69 Å². The molecule has 4 rings (SSSR count). The van der Waals surface area contributed by atoms with Crippen LogP contribution in [0.4, 0.5) is 5.95 Å². The van der Waals surface area contributed by atoms with Crippen molar-refractivity contribution in [2.75, 3.05) is 12.3 Å². The number of aliphatic hydroxyl groups excluding tert-OH is 1. The Morgan fingerprint density at radius 1 is 1.23 bits per heavy atom. The van der Waals surface area contributed by atoms with Crippen molar-refractivity contribution >= 4 is 11.9 Å². The van der Waals surface area contributed by atoms with Gasteiger partial charge in [-0.15, -0.1) is 0 Å². The second-order valence-electron chi connectivity index (χ2n) is 7.10. The molecule has 0 radical (unpaired) electrons. The predicted molar refractivity (Wildman–Crippen MR) is 95.3 cm³/mol. The molecule has 26 heavy (non-hydrogen) atoms. The van der Waals surface area contributed by atoms with Crippen LogP contribution in [0.3, 0.4) is 0 Å². The third-order valence-corrected chi connectivity index (χ3v) is 5.15. The Balaban J connectivity index is 1.65. The maximum atomic E-state index is 13.2. The first kappa shape index (κ1) is 17.0. The van der Waals surface area contributed by atoms with E-state index in [1.165, 1.54) is 0 Å². The molecule has 0 aromatic carbocycles. The van der Waals surface area contributed by atoms with Crippen LogP contribution in [-0.2, 0) is 25.9 Å².